The lowest BCUT2D eigenvalue weighted by atomic mass is 9.49. The second-order valence-corrected chi connectivity index (χ2v) is 44.9. The third kappa shape index (κ3) is 24.5. The highest BCUT2D eigenvalue weighted by atomic mass is 32.3. The molecule has 0 unspecified atom stereocenters. The van der Waals surface area contributed by atoms with Gasteiger partial charge in [0.2, 0.25) is 0 Å². The van der Waals surface area contributed by atoms with Gasteiger partial charge in [0.1, 0.15) is 0 Å². The van der Waals surface area contributed by atoms with Gasteiger partial charge < -0.3 is 23.4 Å². The van der Waals surface area contributed by atoms with Gasteiger partial charge in [-0.05, 0) is 191 Å². The molecule has 42 heteroatoms. The first-order chi connectivity index (χ1) is 58.8. The lowest BCUT2D eigenvalue weighted by Crippen LogP contribution is -2.64. The number of alkyl halides is 18. The molecular weight excluding hydrogens is 1850 g/mol. The van der Waals surface area contributed by atoms with Gasteiger partial charge in [0, 0.05) is 58.1 Å². The molecule has 686 valence electrons. The summed E-state index contributed by atoms with van der Waals surface area (Å²) < 4.78 is 351. The molecule has 4 bridgehead atoms. The average molecular weight is 1940 g/mol. The van der Waals surface area contributed by atoms with Crippen LogP contribution in [0.1, 0.15) is 44.9 Å². The number of sulfonamides is 5. The van der Waals surface area contributed by atoms with Crippen LogP contribution in [-0.4, -0.2) is 174 Å². The largest absolute Gasteiger partial charge is 0.480 e. The lowest BCUT2D eigenvalue weighted by Gasteiger charge is -2.57. The van der Waals surface area contributed by atoms with Gasteiger partial charge in [0.25, 0.3) is 10.0 Å². The molecular formula is C84H87F18N6O10S8+. The number of benzene rings is 9. The molecule has 2 heterocycles. The van der Waals surface area contributed by atoms with Crippen molar-refractivity contribution in [1.82, 2.24) is 19.4 Å². The Bertz CT molecular complexity index is 4930. The molecule has 4 saturated carbocycles. The van der Waals surface area contributed by atoms with Crippen molar-refractivity contribution in [2.75, 3.05) is 72.2 Å². The van der Waals surface area contributed by atoms with E-state index < -0.39 is 120 Å². The molecule has 2 aliphatic heterocycles. The number of rotatable bonds is 24. The highest BCUT2D eigenvalue weighted by molar-refractivity contribution is 8.13. The molecule has 9 aromatic carbocycles. The van der Waals surface area contributed by atoms with Crippen molar-refractivity contribution >= 4 is 82.8 Å². The fraction of sp³-hybridized carbons (Fsp3) is 0.357. The van der Waals surface area contributed by atoms with Crippen molar-refractivity contribution in [3.63, 3.8) is 0 Å². The molecule has 6 fully saturated rings. The van der Waals surface area contributed by atoms with E-state index in [1.165, 1.54) is 70.2 Å². The Labute approximate surface area is 729 Å². The van der Waals surface area contributed by atoms with E-state index >= 15 is 0 Å². The van der Waals surface area contributed by atoms with Crippen LogP contribution in [0.3, 0.4) is 0 Å². The third-order valence-electron chi connectivity index (χ3n) is 20.5. The predicted molar refractivity (Wildman–Crippen MR) is 447 cm³/mol. The molecule has 16 nitrogen and oxygen atoms in total. The summed E-state index contributed by atoms with van der Waals surface area (Å²) in [6, 6.07) is 96.5. The van der Waals surface area contributed by atoms with Gasteiger partial charge >= 0.3 is 45.2 Å². The van der Waals surface area contributed by atoms with E-state index in [0.717, 1.165) is 19.3 Å². The monoisotopic (exact) mass is 1940 g/mol. The summed E-state index contributed by atoms with van der Waals surface area (Å²) in [4.78, 5) is 17.0. The maximum atomic E-state index is 13.9. The van der Waals surface area contributed by atoms with Gasteiger partial charge in [-0.2, -0.15) is 83.3 Å². The van der Waals surface area contributed by atoms with Gasteiger partial charge in [0.15, 0.2) is 74.1 Å². The van der Waals surface area contributed by atoms with Gasteiger partial charge in [-0.1, -0.05) is 164 Å². The molecule has 0 atom stereocenters. The Balaban J connectivity index is 0.000000177. The number of piperazine rings is 2. The summed E-state index contributed by atoms with van der Waals surface area (Å²) in [5.74, 6) is -22.6. The first-order valence-corrected chi connectivity index (χ1v) is 49.5. The van der Waals surface area contributed by atoms with Crippen LogP contribution in [0.2, 0.25) is 0 Å². The number of likely N-dealkylation sites (N-methyl/N-ethyl adjacent to an activating group) is 2. The summed E-state index contributed by atoms with van der Waals surface area (Å²) in [6.07, 6.45) is -2.72. The minimum absolute atomic E-state index is 0.0146. The van der Waals surface area contributed by atoms with Crippen LogP contribution in [0.25, 0.3) is 8.25 Å². The lowest BCUT2D eigenvalue weighted by molar-refractivity contribution is -0.382. The zero-order valence-electron chi connectivity index (χ0n) is 66.9. The fourth-order valence-electron chi connectivity index (χ4n) is 14.6. The maximum absolute atomic E-state index is 13.9. The average Bonchev–Trinajstić information content (AvgIpc) is 0.734. The Kier molecular flexibility index (Phi) is 34.0. The Hall–Kier alpha value is -7.72. The van der Waals surface area contributed by atoms with E-state index in [-0.39, 0.29) is 56.5 Å². The van der Waals surface area contributed by atoms with Crippen LogP contribution in [0.4, 0.5) is 79.0 Å². The minimum Gasteiger partial charge on any atom is -0.431 e. The van der Waals surface area contributed by atoms with Crippen molar-refractivity contribution in [1.29, 1.82) is 0 Å². The van der Waals surface area contributed by atoms with Crippen LogP contribution in [0.15, 0.2) is 317 Å². The van der Waals surface area contributed by atoms with E-state index in [1.54, 1.807) is 4.13 Å². The SMILES string of the molecule is CN1CCN(C)CC1.O=S(=O)(CCC12CC3CC(CC(C3)C1)C2)[N-]S(=O)(=O)C(F)(F)C(F)(F)C(F)(F)C(F)(F)F.O=S(=O)([N-]S(=O)(=O)C(F)(F)C(F)(F)C(F)(F)S(=O)(=O)N1CCNCC1)C(F)(F)F.c1ccc([S+](c2ccccc2)c2ccccc2)cc1.c1ccc([S+](c2ccccc2)c2ccccc2)cc1.c1ccc([S+](c2ccccc2)c2ccccc2)cc1. The van der Waals surface area contributed by atoms with Crippen LogP contribution in [0.5, 0.6) is 0 Å². The molecule has 6 aliphatic rings. The number of nitrogens with one attached hydrogen (secondary N) is 1. The van der Waals surface area contributed by atoms with Crippen molar-refractivity contribution in [3.8, 4) is 0 Å². The predicted octanol–water partition coefficient (Wildman–Crippen LogP) is 19.9. The standard InChI is InChI=1S/3C18H15S.C16H19F9NO4S2.C8H9F9N3O6S3.C6H14N2/c3*1-4-10-16(11-5-1)19(17-12-6-2-7-13-17)18-14-8-3-9-15-18;17-13(18,15(21,22)23)14(19,20)16(24,25)32(29,30)26-31(27,28)2-1-12-6-9-3-10(7-12)5-11(4-9)8-12;9-5(10,7(13,14)29(25,26)20-3-1-18-2-4-20)6(11,12)27(21,22)19-28(23,24)8(15,16)17;1-7-3-5-8(2)6-4-7/h3*1-15H;9-11H,1-8H2;18H,1-4H2;3-6H2,1-2H3/q3*+1;2*-1;. The summed E-state index contributed by atoms with van der Waals surface area (Å²) in [7, 11) is -30.4. The molecule has 0 amide bonds. The van der Waals surface area contributed by atoms with Crippen molar-refractivity contribution in [2.45, 2.75) is 134 Å². The number of hydrogen-bond acceptors (Lipinski definition) is 13. The molecule has 1 N–H and O–H groups in total. The summed E-state index contributed by atoms with van der Waals surface area (Å²) in [6.45, 7) is 2.34. The molecule has 15 rings (SSSR count). The first kappa shape index (κ1) is 102. The minimum atomic E-state index is -7.87. The van der Waals surface area contributed by atoms with Crippen LogP contribution in [0, 0.1) is 23.2 Å². The Morgan fingerprint density at radius 3 is 0.802 bits per heavy atom. The normalized spacial score (nSPS) is 19.0. The van der Waals surface area contributed by atoms with E-state index in [4.69, 9.17) is 0 Å². The number of hydrogen-bond donors (Lipinski definition) is 1. The van der Waals surface area contributed by atoms with Crippen LogP contribution in [-0.2, 0) is 82.8 Å². The topological polar surface area (TPSA) is 221 Å². The number of nitrogens with zero attached hydrogens (tertiary/aromatic N) is 5. The summed E-state index contributed by atoms with van der Waals surface area (Å²) in [5.41, 5.74) is -7.18. The van der Waals surface area contributed by atoms with E-state index in [9.17, 15) is 121 Å². The second kappa shape index (κ2) is 42.0. The maximum Gasteiger partial charge on any atom is 0.480 e. The quantitative estimate of drug-likeness (QED) is 0.0440. The summed E-state index contributed by atoms with van der Waals surface area (Å²) >= 11 is 0. The van der Waals surface area contributed by atoms with Gasteiger partial charge in [-0.25, -0.2) is 42.1 Å². The molecule has 9 aromatic rings. The third-order valence-corrected chi connectivity index (χ3v) is 35.5. The zero-order chi connectivity index (χ0) is 92.6. The fourth-order valence-corrected chi connectivity index (χ4v) is 27.6. The molecule has 0 radical (unpaired) electrons. The van der Waals surface area contributed by atoms with Crippen molar-refractivity contribution < 1.29 is 121 Å². The van der Waals surface area contributed by atoms with E-state index in [1.807, 2.05) is 0 Å². The van der Waals surface area contributed by atoms with Crippen LogP contribution >= 0.6 is 0 Å². The van der Waals surface area contributed by atoms with Crippen molar-refractivity contribution in [3.05, 3.63) is 281 Å². The Morgan fingerprint density at radius 2 is 0.563 bits per heavy atom. The van der Waals surface area contributed by atoms with E-state index in [0.29, 0.717) is 41.1 Å². The Morgan fingerprint density at radius 1 is 0.325 bits per heavy atom. The van der Waals surface area contributed by atoms with Gasteiger partial charge in [0.05, 0.1) is 42.7 Å². The molecule has 0 spiro atoms. The highest BCUT2D eigenvalue weighted by Crippen LogP contribution is 2.62. The number of halogens is 18. The van der Waals surface area contributed by atoms with Crippen LogP contribution < -0.4 is 5.32 Å². The van der Waals surface area contributed by atoms with E-state index in [2.05, 4.69) is 302 Å². The second-order valence-electron chi connectivity index (χ2n) is 29.7. The molecule has 126 heavy (non-hydrogen) atoms. The molecule has 0 aromatic heterocycles. The zero-order valence-corrected chi connectivity index (χ0v) is 73.4. The molecule has 4 aliphatic carbocycles. The first-order valence-electron chi connectivity index (χ1n) is 38.5. The van der Waals surface area contributed by atoms with Crippen molar-refractivity contribution in [2.24, 2.45) is 23.2 Å². The smallest absolute Gasteiger partial charge is 0.431 e. The van der Waals surface area contributed by atoms with Gasteiger partial charge in [-0.15, -0.1) is 0 Å². The molecule has 2 saturated heterocycles. The van der Waals surface area contributed by atoms with Gasteiger partial charge in [-0.3, -0.25) is 0 Å². The highest BCUT2D eigenvalue weighted by Gasteiger charge is 2.84. The summed E-state index contributed by atoms with van der Waals surface area (Å²) in [5, 5.41) is -19.0.